The van der Waals surface area contributed by atoms with Gasteiger partial charge >= 0.3 is 0 Å². The SMILES string of the molecule is Cc1c(NC(=O)c2ccc(C(C)(C)C)nc2)cccc1-c1cn(C)c(=O)c(Nc2ccc(CN3CCOCC3)cc2)n1. The fraction of sp³-hybridized carbons (Fsp3) is 0.333. The maximum atomic E-state index is 13.0. The van der Waals surface area contributed by atoms with E-state index in [0.717, 1.165) is 55.4 Å². The predicted octanol–water partition coefficient (Wildman–Crippen LogP) is 5.28. The van der Waals surface area contributed by atoms with Gasteiger partial charge in [0.2, 0.25) is 0 Å². The second-order valence-corrected chi connectivity index (χ2v) is 11.7. The molecule has 9 nitrogen and oxygen atoms in total. The number of carbonyl (C=O) groups excluding carboxylic acids is 1. The molecule has 0 bridgehead atoms. The molecule has 1 aliphatic heterocycles. The first-order chi connectivity index (χ1) is 20.1. The summed E-state index contributed by atoms with van der Waals surface area (Å²) in [6, 6.07) is 17.4. The number of aryl methyl sites for hydroxylation is 1. The second kappa shape index (κ2) is 12.3. The number of ether oxygens (including phenoxy) is 1. The van der Waals surface area contributed by atoms with Gasteiger partial charge in [0.05, 0.1) is 24.5 Å². The molecule has 218 valence electrons. The summed E-state index contributed by atoms with van der Waals surface area (Å²) in [6.07, 6.45) is 3.32. The Morgan fingerprint density at radius 1 is 1.02 bits per heavy atom. The first-order valence-electron chi connectivity index (χ1n) is 14.2. The van der Waals surface area contributed by atoms with Gasteiger partial charge in [-0.25, -0.2) is 4.98 Å². The lowest BCUT2D eigenvalue weighted by Crippen LogP contribution is -2.35. The van der Waals surface area contributed by atoms with Gasteiger partial charge in [-0.1, -0.05) is 45.0 Å². The fourth-order valence-corrected chi connectivity index (χ4v) is 4.88. The third kappa shape index (κ3) is 6.75. The van der Waals surface area contributed by atoms with Crippen molar-refractivity contribution < 1.29 is 9.53 Å². The van der Waals surface area contributed by atoms with Crippen molar-refractivity contribution in [2.24, 2.45) is 7.05 Å². The van der Waals surface area contributed by atoms with E-state index in [1.54, 1.807) is 25.5 Å². The maximum Gasteiger partial charge on any atom is 0.293 e. The molecular weight excluding hydrogens is 528 g/mol. The maximum absolute atomic E-state index is 13.0. The van der Waals surface area contributed by atoms with Gasteiger partial charge in [0.1, 0.15) is 0 Å². The summed E-state index contributed by atoms with van der Waals surface area (Å²) >= 11 is 0. The third-order valence-electron chi connectivity index (χ3n) is 7.45. The van der Waals surface area contributed by atoms with Crippen LogP contribution >= 0.6 is 0 Å². The molecule has 1 saturated heterocycles. The van der Waals surface area contributed by atoms with Gasteiger partial charge in [0.15, 0.2) is 5.82 Å². The van der Waals surface area contributed by atoms with E-state index in [9.17, 15) is 9.59 Å². The number of rotatable bonds is 7. The van der Waals surface area contributed by atoms with Crippen molar-refractivity contribution in [2.45, 2.75) is 39.7 Å². The summed E-state index contributed by atoms with van der Waals surface area (Å²) in [5, 5.41) is 6.21. The van der Waals surface area contributed by atoms with Crippen LogP contribution in [0.5, 0.6) is 0 Å². The number of nitrogens with one attached hydrogen (secondary N) is 2. The minimum atomic E-state index is -0.240. The first-order valence-corrected chi connectivity index (χ1v) is 14.2. The summed E-state index contributed by atoms with van der Waals surface area (Å²) in [7, 11) is 1.71. The molecule has 0 atom stereocenters. The molecule has 0 aliphatic carbocycles. The molecule has 42 heavy (non-hydrogen) atoms. The van der Waals surface area contributed by atoms with Crippen molar-refractivity contribution in [3.05, 3.63) is 99.7 Å². The van der Waals surface area contributed by atoms with Crippen LogP contribution in [-0.2, 0) is 23.7 Å². The summed E-state index contributed by atoms with van der Waals surface area (Å²) < 4.78 is 6.95. The molecule has 2 aromatic carbocycles. The zero-order valence-corrected chi connectivity index (χ0v) is 24.9. The van der Waals surface area contributed by atoms with E-state index in [4.69, 9.17) is 9.72 Å². The van der Waals surface area contributed by atoms with Gasteiger partial charge in [-0.15, -0.1) is 0 Å². The highest BCUT2D eigenvalue weighted by Crippen LogP contribution is 2.28. The van der Waals surface area contributed by atoms with E-state index in [1.807, 2.05) is 43.3 Å². The Kier molecular flexibility index (Phi) is 8.51. The van der Waals surface area contributed by atoms with Crippen molar-refractivity contribution in [2.75, 3.05) is 36.9 Å². The molecule has 4 aromatic rings. The standard InChI is InChI=1S/C33H38N6O3/c1-22-26(7-6-8-27(22)37-31(40)24-11-14-29(34-19-24)33(2,3)4)28-21-38(5)32(41)30(36-28)35-25-12-9-23(10-13-25)20-39-15-17-42-18-16-39/h6-14,19,21H,15-18,20H2,1-5H3,(H,35,36)(H,37,40). The molecule has 0 spiro atoms. The lowest BCUT2D eigenvalue weighted by molar-refractivity contribution is 0.0342. The Morgan fingerprint density at radius 3 is 2.43 bits per heavy atom. The van der Waals surface area contributed by atoms with E-state index >= 15 is 0 Å². The Hall–Kier alpha value is -4.34. The van der Waals surface area contributed by atoms with E-state index in [0.29, 0.717) is 16.9 Å². The smallest absolute Gasteiger partial charge is 0.293 e. The van der Waals surface area contributed by atoms with Gasteiger partial charge < -0.3 is 19.9 Å². The van der Waals surface area contributed by atoms with Crippen LogP contribution in [0.3, 0.4) is 0 Å². The Morgan fingerprint density at radius 2 is 1.76 bits per heavy atom. The molecule has 9 heteroatoms. The minimum absolute atomic E-state index is 0.0943. The topological polar surface area (TPSA) is 101 Å². The van der Waals surface area contributed by atoms with Crippen LogP contribution in [0.25, 0.3) is 11.3 Å². The summed E-state index contributed by atoms with van der Waals surface area (Å²) in [6.45, 7) is 12.4. The molecule has 2 aromatic heterocycles. The zero-order valence-electron chi connectivity index (χ0n) is 24.9. The van der Waals surface area contributed by atoms with Crippen LogP contribution in [0.1, 0.15) is 48.0 Å². The number of anilines is 3. The highest BCUT2D eigenvalue weighted by molar-refractivity contribution is 6.04. The van der Waals surface area contributed by atoms with Crippen LogP contribution in [-0.4, -0.2) is 51.6 Å². The molecule has 2 N–H and O–H groups in total. The minimum Gasteiger partial charge on any atom is -0.379 e. The van der Waals surface area contributed by atoms with Crippen LogP contribution < -0.4 is 16.2 Å². The summed E-state index contributed by atoms with van der Waals surface area (Å²) in [5.41, 5.74) is 6.00. The fourth-order valence-electron chi connectivity index (χ4n) is 4.88. The molecule has 0 unspecified atom stereocenters. The number of carbonyl (C=O) groups is 1. The second-order valence-electron chi connectivity index (χ2n) is 11.7. The highest BCUT2D eigenvalue weighted by atomic mass is 16.5. The van der Waals surface area contributed by atoms with Crippen molar-refractivity contribution in [3.63, 3.8) is 0 Å². The van der Waals surface area contributed by atoms with E-state index in [2.05, 4.69) is 53.4 Å². The first kappa shape index (κ1) is 29.2. The zero-order chi connectivity index (χ0) is 29.9. The van der Waals surface area contributed by atoms with Crippen LogP contribution in [0.15, 0.2) is 71.8 Å². The highest BCUT2D eigenvalue weighted by Gasteiger charge is 2.18. The molecule has 0 radical (unpaired) electrons. The quantitative estimate of drug-likeness (QED) is 0.314. The molecular formula is C33H38N6O3. The van der Waals surface area contributed by atoms with Gasteiger partial charge in [-0.3, -0.25) is 19.5 Å². The number of hydrogen-bond donors (Lipinski definition) is 2. The monoisotopic (exact) mass is 566 g/mol. The normalized spacial score (nSPS) is 14.0. The molecule has 0 saturated carbocycles. The number of nitrogens with zero attached hydrogens (tertiary/aromatic N) is 4. The van der Waals surface area contributed by atoms with Gasteiger partial charge in [-0.2, -0.15) is 0 Å². The van der Waals surface area contributed by atoms with E-state index < -0.39 is 0 Å². The third-order valence-corrected chi connectivity index (χ3v) is 7.45. The molecule has 1 fully saturated rings. The average Bonchev–Trinajstić information content (AvgIpc) is 2.97. The van der Waals surface area contributed by atoms with Crippen molar-refractivity contribution >= 4 is 23.1 Å². The van der Waals surface area contributed by atoms with Crippen molar-refractivity contribution in [3.8, 4) is 11.3 Å². The number of morpholine rings is 1. The van der Waals surface area contributed by atoms with E-state index in [-0.39, 0.29) is 22.7 Å². The van der Waals surface area contributed by atoms with Gasteiger partial charge in [0.25, 0.3) is 11.5 Å². The largest absolute Gasteiger partial charge is 0.379 e. The van der Waals surface area contributed by atoms with Crippen molar-refractivity contribution in [1.82, 2.24) is 19.4 Å². The Balaban J connectivity index is 1.34. The lowest BCUT2D eigenvalue weighted by Gasteiger charge is -2.26. The number of benzene rings is 2. The Bertz CT molecular complexity index is 1620. The van der Waals surface area contributed by atoms with E-state index in [1.165, 1.54) is 10.1 Å². The van der Waals surface area contributed by atoms with Crippen LogP contribution in [0.4, 0.5) is 17.2 Å². The molecule has 1 aliphatic rings. The number of pyridine rings is 1. The number of aromatic nitrogens is 3. The number of amides is 1. The number of hydrogen-bond acceptors (Lipinski definition) is 7. The Labute approximate surface area is 246 Å². The molecule has 5 rings (SSSR count). The molecule has 3 heterocycles. The van der Waals surface area contributed by atoms with Crippen LogP contribution in [0.2, 0.25) is 0 Å². The van der Waals surface area contributed by atoms with Crippen molar-refractivity contribution in [1.29, 1.82) is 0 Å². The summed E-state index contributed by atoms with van der Waals surface area (Å²) in [5.74, 6) is -0.00849. The predicted molar refractivity (Wildman–Crippen MR) is 166 cm³/mol. The van der Waals surface area contributed by atoms with Gasteiger partial charge in [-0.05, 0) is 48.4 Å². The average molecular weight is 567 g/mol. The van der Waals surface area contributed by atoms with Crippen LogP contribution in [0, 0.1) is 6.92 Å². The van der Waals surface area contributed by atoms with Gasteiger partial charge in [0, 0.05) is 67.1 Å². The summed E-state index contributed by atoms with van der Waals surface area (Å²) in [4.78, 5) is 37.6. The lowest BCUT2D eigenvalue weighted by atomic mass is 9.91. The molecule has 1 amide bonds.